The maximum Gasteiger partial charge on any atom is 0.410 e. The van der Waals surface area contributed by atoms with Crippen LogP contribution in [0.15, 0.2) is 54.6 Å². The highest BCUT2D eigenvalue weighted by Crippen LogP contribution is 2.34. The molecule has 2 atom stereocenters. The second-order valence-corrected chi connectivity index (χ2v) is 11.2. The number of likely N-dealkylation sites (tertiary alicyclic amines) is 1. The fourth-order valence-electron chi connectivity index (χ4n) is 5.06. The SMILES string of the molecule is CS(=O)(=O)N[C@H]1CCN(C(=O)OCc2ccccc2)[C@H]1COC1CCC(c2cccc(F)c2)CC1. The first-order valence-corrected chi connectivity index (χ1v) is 14.0. The van der Waals surface area contributed by atoms with Crippen molar-refractivity contribution in [3.05, 3.63) is 71.5 Å². The summed E-state index contributed by atoms with van der Waals surface area (Å²) in [6.45, 7) is 0.766. The van der Waals surface area contributed by atoms with Crippen LogP contribution in [0.1, 0.15) is 49.1 Å². The number of benzene rings is 2. The van der Waals surface area contributed by atoms with E-state index in [1.807, 2.05) is 36.4 Å². The summed E-state index contributed by atoms with van der Waals surface area (Å²) >= 11 is 0. The summed E-state index contributed by atoms with van der Waals surface area (Å²) in [6, 6.07) is 15.3. The van der Waals surface area contributed by atoms with Gasteiger partial charge in [0.1, 0.15) is 12.4 Å². The molecule has 0 radical (unpaired) electrons. The minimum atomic E-state index is -3.44. The standard InChI is InChI=1S/C26H33FN2O5S/c1-35(31,32)28-24-14-15-29(26(30)34-17-19-6-3-2-4-7-19)25(24)18-33-23-12-10-20(11-13-23)21-8-5-9-22(27)16-21/h2-9,16,20,23-25,28H,10-15,17-18H2,1H3/t20?,23?,24-,25-/m0/s1. The molecule has 4 rings (SSSR count). The van der Waals surface area contributed by atoms with Gasteiger partial charge >= 0.3 is 6.09 Å². The van der Waals surface area contributed by atoms with E-state index in [1.165, 1.54) is 6.07 Å². The van der Waals surface area contributed by atoms with Crippen LogP contribution in [0.4, 0.5) is 9.18 Å². The summed E-state index contributed by atoms with van der Waals surface area (Å²) in [7, 11) is -3.44. The maximum absolute atomic E-state index is 13.6. The number of rotatable bonds is 8. The summed E-state index contributed by atoms with van der Waals surface area (Å²) in [5.41, 5.74) is 1.90. The van der Waals surface area contributed by atoms with E-state index < -0.39 is 28.2 Å². The summed E-state index contributed by atoms with van der Waals surface area (Å²) in [4.78, 5) is 14.4. The molecule has 9 heteroatoms. The number of carbonyl (C=O) groups is 1. The van der Waals surface area contributed by atoms with Crippen molar-refractivity contribution in [3.8, 4) is 0 Å². The van der Waals surface area contributed by atoms with Crippen molar-refractivity contribution in [2.45, 2.75) is 62.8 Å². The van der Waals surface area contributed by atoms with Crippen LogP contribution in [0.25, 0.3) is 0 Å². The lowest BCUT2D eigenvalue weighted by molar-refractivity contribution is -0.00749. The monoisotopic (exact) mass is 504 g/mol. The van der Waals surface area contributed by atoms with Crippen LogP contribution in [0.2, 0.25) is 0 Å². The molecule has 1 amide bonds. The topological polar surface area (TPSA) is 84.9 Å². The van der Waals surface area contributed by atoms with E-state index in [0.29, 0.717) is 18.9 Å². The van der Waals surface area contributed by atoms with Crippen LogP contribution in [0, 0.1) is 5.82 Å². The van der Waals surface area contributed by atoms with E-state index in [4.69, 9.17) is 9.47 Å². The predicted molar refractivity (Wildman–Crippen MR) is 131 cm³/mol. The maximum atomic E-state index is 13.6. The Morgan fingerprint density at radius 2 is 1.80 bits per heavy atom. The zero-order valence-electron chi connectivity index (χ0n) is 19.9. The lowest BCUT2D eigenvalue weighted by atomic mass is 9.82. The highest BCUT2D eigenvalue weighted by molar-refractivity contribution is 7.88. The fraction of sp³-hybridized carbons (Fsp3) is 0.500. The van der Waals surface area contributed by atoms with Gasteiger partial charge in [-0.3, -0.25) is 0 Å². The van der Waals surface area contributed by atoms with Gasteiger partial charge in [-0.25, -0.2) is 22.3 Å². The van der Waals surface area contributed by atoms with Crippen molar-refractivity contribution in [2.24, 2.45) is 0 Å². The first-order chi connectivity index (χ1) is 16.8. The lowest BCUT2D eigenvalue weighted by Gasteiger charge is -2.32. The van der Waals surface area contributed by atoms with Gasteiger partial charge < -0.3 is 14.4 Å². The molecule has 1 N–H and O–H groups in total. The Morgan fingerprint density at radius 1 is 1.06 bits per heavy atom. The third kappa shape index (κ3) is 7.25. The van der Waals surface area contributed by atoms with E-state index >= 15 is 0 Å². The van der Waals surface area contributed by atoms with E-state index in [1.54, 1.807) is 17.0 Å². The van der Waals surface area contributed by atoms with Crippen molar-refractivity contribution in [3.63, 3.8) is 0 Å². The molecule has 1 saturated heterocycles. The smallest absolute Gasteiger partial charge is 0.410 e. The Balaban J connectivity index is 1.34. The van der Waals surface area contributed by atoms with Gasteiger partial charge in [0.15, 0.2) is 0 Å². The van der Waals surface area contributed by atoms with Crippen molar-refractivity contribution in [1.82, 2.24) is 9.62 Å². The highest BCUT2D eigenvalue weighted by atomic mass is 32.2. The second kappa shape index (κ2) is 11.5. The van der Waals surface area contributed by atoms with E-state index in [2.05, 4.69) is 4.72 Å². The van der Waals surface area contributed by atoms with Crippen LogP contribution in [0.3, 0.4) is 0 Å². The van der Waals surface area contributed by atoms with Gasteiger partial charge in [-0.2, -0.15) is 0 Å². The van der Waals surface area contributed by atoms with Crippen molar-refractivity contribution < 1.29 is 27.1 Å². The largest absolute Gasteiger partial charge is 0.445 e. The summed E-state index contributed by atoms with van der Waals surface area (Å²) in [6.07, 6.45) is 4.60. The Morgan fingerprint density at radius 3 is 2.49 bits per heavy atom. The van der Waals surface area contributed by atoms with Crippen LogP contribution >= 0.6 is 0 Å². The predicted octanol–water partition coefficient (Wildman–Crippen LogP) is 4.20. The molecular formula is C26H33FN2O5S. The Bertz CT molecular complexity index is 1090. The molecular weight excluding hydrogens is 471 g/mol. The molecule has 1 aliphatic carbocycles. The third-order valence-electron chi connectivity index (χ3n) is 6.85. The number of nitrogens with zero attached hydrogens (tertiary/aromatic N) is 1. The zero-order valence-corrected chi connectivity index (χ0v) is 20.8. The van der Waals surface area contributed by atoms with Gasteiger partial charge in [0, 0.05) is 12.6 Å². The number of amides is 1. The van der Waals surface area contributed by atoms with Gasteiger partial charge in [-0.1, -0.05) is 42.5 Å². The first kappa shape index (κ1) is 25.6. The number of sulfonamides is 1. The number of carbonyl (C=O) groups excluding carboxylic acids is 1. The van der Waals surface area contributed by atoms with Gasteiger partial charge in [0.2, 0.25) is 10.0 Å². The fourth-order valence-corrected chi connectivity index (χ4v) is 5.88. The molecule has 7 nitrogen and oxygen atoms in total. The molecule has 0 unspecified atom stereocenters. The summed E-state index contributed by atoms with van der Waals surface area (Å²) < 4.78 is 51.8. The van der Waals surface area contributed by atoms with Crippen molar-refractivity contribution >= 4 is 16.1 Å². The molecule has 2 aromatic carbocycles. The van der Waals surface area contributed by atoms with E-state index in [0.717, 1.165) is 43.1 Å². The number of hydrogen-bond donors (Lipinski definition) is 1. The lowest BCUT2D eigenvalue weighted by Crippen LogP contribution is -2.49. The summed E-state index contributed by atoms with van der Waals surface area (Å²) in [5.74, 6) is 0.0897. The minimum Gasteiger partial charge on any atom is -0.445 e. The number of hydrogen-bond acceptors (Lipinski definition) is 5. The van der Waals surface area contributed by atoms with Crippen molar-refractivity contribution in [2.75, 3.05) is 19.4 Å². The number of halogens is 1. The normalized spacial score (nSPS) is 24.9. The third-order valence-corrected chi connectivity index (χ3v) is 7.58. The van der Waals surface area contributed by atoms with E-state index in [9.17, 15) is 17.6 Å². The minimum absolute atomic E-state index is 0.0153. The van der Waals surface area contributed by atoms with E-state index in [-0.39, 0.29) is 25.1 Å². The molecule has 190 valence electrons. The Labute approximate surface area is 206 Å². The molecule has 2 aliphatic rings. The number of ether oxygens (including phenoxy) is 2. The average Bonchev–Trinajstić information content (AvgIpc) is 3.23. The molecule has 1 aliphatic heterocycles. The molecule has 0 aromatic heterocycles. The molecule has 0 bridgehead atoms. The van der Waals surface area contributed by atoms with Gasteiger partial charge in [-0.05, 0) is 61.3 Å². The Kier molecular flexibility index (Phi) is 8.41. The second-order valence-electron chi connectivity index (χ2n) is 9.45. The highest BCUT2D eigenvalue weighted by Gasteiger charge is 2.40. The van der Waals surface area contributed by atoms with Crippen LogP contribution in [-0.2, 0) is 26.1 Å². The summed E-state index contributed by atoms with van der Waals surface area (Å²) in [5, 5.41) is 0. The Hall–Kier alpha value is -2.49. The van der Waals surface area contributed by atoms with Crippen LogP contribution in [-0.4, -0.2) is 57.0 Å². The molecule has 2 fully saturated rings. The van der Waals surface area contributed by atoms with Gasteiger partial charge in [0.05, 0.1) is 25.0 Å². The van der Waals surface area contributed by atoms with Gasteiger partial charge in [0.25, 0.3) is 0 Å². The molecule has 2 aromatic rings. The molecule has 1 saturated carbocycles. The van der Waals surface area contributed by atoms with Gasteiger partial charge in [-0.15, -0.1) is 0 Å². The average molecular weight is 505 g/mol. The van der Waals surface area contributed by atoms with Crippen LogP contribution in [0.5, 0.6) is 0 Å². The molecule has 35 heavy (non-hydrogen) atoms. The quantitative estimate of drug-likeness (QED) is 0.583. The van der Waals surface area contributed by atoms with Crippen molar-refractivity contribution in [1.29, 1.82) is 0 Å². The molecule has 0 spiro atoms. The zero-order chi connectivity index (χ0) is 24.8. The van der Waals surface area contributed by atoms with Crippen LogP contribution < -0.4 is 4.72 Å². The first-order valence-electron chi connectivity index (χ1n) is 12.1. The number of nitrogens with one attached hydrogen (secondary N) is 1. The molecule has 1 heterocycles.